The fourth-order valence-corrected chi connectivity index (χ4v) is 1.95. The Balaban J connectivity index is 2.86. The second kappa shape index (κ2) is 5.70. The van der Waals surface area contributed by atoms with E-state index in [1.165, 1.54) is 5.56 Å². The van der Waals surface area contributed by atoms with Gasteiger partial charge in [-0.05, 0) is 29.9 Å². The average Bonchev–Trinajstić information content (AvgIpc) is 2.36. The predicted molar refractivity (Wildman–Crippen MR) is 78.9 cm³/mol. The summed E-state index contributed by atoms with van der Waals surface area (Å²) in [5, 5.41) is 3.48. The third kappa shape index (κ3) is 3.45. The maximum absolute atomic E-state index is 5.89. The Morgan fingerprint density at radius 1 is 1.17 bits per heavy atom. The van der Waals surface area contributed by atoms with Gasteiger partial charge in [0.15, 0.2) is 0 Å². The highest BCUT2D eigenvalue weighted by Gasteiger charge is 2.24. The van der Waals surface area contributed by atoms with Gasteiger partial charge in [0.2, 0.25) is 0 Å². The van der Waals surface area contributed by atoms with Crippen LogP contribution in [0.25, 0.3) is 0 Å². The van der Waals surface area contributed by atoms with E-state index in [2.05, 4.69) is 57.1 Å². The number of aromatic nitrogens is 1. The summed E-state index contributed by atoms with van der Waals surface area (Å²) in [6.07, 6.45) is 3.96. The summed E-state index contributed by atoms with van der Waals surface area (Å²) >= 11 is 0. The van der Waals surface area contributed by atoms with Crippen molar-refractivity contribution < 1.29 is 0 Å². The Morgan fingerprint density at radius 2 is 1.78 bits per heavy atom. The van der Waals surface area contributed by atoms with Gasteiger partial charge in [0.05, 0.1) is 5.54 Å². The molecule has 18 heavy (non-hydrogen) atoms. The van der Waals surface area contributed by atoms with Gasteiger partial charge in [-0.2, -0.15) is 0 Å². The molecule has 1 aromatic rings. The number of rotatable bonds is 5. The molecule has 0 atom stereocenters. The lowest BCUT2D eigenvalue weighted by Gasteiger charge is -2.32. The van der Waals surface area contributed by atoms with E-state index in [1.54, 1.807) is 0 Å². The highest BCUT2D eigenvalue weighted by atomic mass is 15.1. The summed E-state index contributed by atoms with van der Waals surface area (Å²) in [6.45, 7) is 11.5. The largest absolute Gasteiger partial charge is 0.363 e. The first kappa shape index (κ1) is 15.0. The van der Waals surface area contributed by atoms with Crippen molar-refractivity contribution in [3.05, 3.63) is 23.9 Å². The topological polar surface area (TPSA) is 50.9 Å². The van der Waals surface area contributed by atoms with Crippen LogP contribution in [0.1, 0.15) is 53.0 Å². The fraction of sp³-hybridized carbons (Fsp3) is 0.667. The molecular formula is C15H27N3. The number of hydrogen-bond acceptors (Lipinski definition) is 3. The van der Waals surface area contributed by atoms with Gasteiger partial charge < -0.3 is 11.1 Å². The van der Waals surface area contributed by atoms with E-state index in [4.69, 9.17) is 5.73 Å². The van der Waals surface area contributed by atoms with Crippen LogP contribution in [-0.2, 0) is 5.41 Å². The highest BCUT2D eigenvalue weighted by Crippen LogP contribution is 2.24. The third-order valence-corrected chi connectivity index (χ3v) is 3.77. The zero-order chi connectivity index (χ0) is 13.8. The maximum atomic E-state index is 5.89. The Kier molecular flexibility index (Phi) is 4.74. The van der Waals surface area contributed by atoms with Crippen molar-refractivity contribution in [2.45, 2.75) is 58.4 Å². The molecule has 1 rings (SSSR count). The van der Waals surface area contributed by atoms with Crippen molar-refractivity contribution in [3.8, 4) is 0 Å². The molecule has 3 heteroatoms. The first-order valence-electron chi connectivity index (χ1n) is 6.81. The van der Waals surface area contributed by atoms with Crippen LogP contribution < -0.4 is 11.1 Å². The molecule has 0 bridgehead atoms. The van der Waals surface area contributed by atoms with Crippen LogP contribution in [0.3, 0.4) is 0 Å². The summed E-state index contributed by atoms with van der Waals surface area (Å²) in [6, 6.07) is 4.19. The lowest BCUT2D eigenvalue weighted by Crippen LogP contribution is -2.44. The van der Waals surface area contributed by atoms with Gasteiger partial charge in [0.25, 0.3) is 0 Å². The van der Waals surface area contributed by atoms with E-state index >= 15 is 0 Å². The predicted octanol–water partition coefficient (Wildman–Crippen LogP) is 3.31. The molecule has 0 fully saturated rings. The first-order chi connectivity index (χ1) is 8.37. The molecule has 3 nitrogen and oxygen atoms in total. The lowest BCUT2D eigenvalue weighted by atomic mass is 9.88. The van der Waals surface area contributed by atoms with Crippen molar-refractivity contribution in [3.63, 3.8) is 0 Å². The van der Waals surface area contributed by atoms with Crippen molar-refractivity contribution in [2.75, 3.05) is 11.9 Å². The number of anilines is 1. The Hall–Kier alpha value is -1.09. The molecule has 0 spiro atoms. The monoisotopic (exact) mass is 249 g/mol. The van der Waals surface area contributed by atoms with Crippen molar-refractivity contribution in [1.82, 2.24) is 4.98 Å². The van der Waals surface area contributed by atoms with Gasteiger partial charge in [-0.25, -0.2) is 4.98 Å². The van der Waals surface area contributed by atoms with Crippen LogP contribution in [0.15, 0.2) is 18.3 Å². The number of hydrogen-bond donors (Lipinski definition) is 2. The molecule has 0 radical (unpaired) electrons. The minimum Gasteiger partial charge on any atom is -0.363 e. The van der Waals surface area contributed by atoms with Crippen molar-refractivity contribution in [1.29, 1.82) is 0 Å². The van der Waals surface area contributed by atoms with Gasteiger partial charge in [0.1, 0.15) is 5.82 Å². The molecule has 1 heterocycles. The summed E-state index contributed by atoms with van der Waals surface area (Å²) < 4.78 is 0. The first-order valence-corrected chi connectivity index (χ1v) is 6.81. The van der Waals surface area contributed by atoms with E-state index < -0.39 is 0 Å². The minimum absolute atomic E-state index is 0.0315. The molecule has 0 saturated carbocycles. The number of nitrogens with two attached hydrogens (primary N) is 1. The Labute approximate surface area is 111 Å². The second-order valence-electron chi connectivity index (χ2n) is 6.00. The second-order valence-corrected chi connectivity index (χ2v) is 6.00. The molecule has 0 aromatic carbocycles. The molecule has 0 aliphatic heterocycles. The molecule has 0 saturated heterocycles. The molecule has 3 N–H and O–H groups in total. The van der Waals surface area contributed by atoms with Crippen LogP contribution in [0, 0.1) is 0 Å². The van der Waals surface area contributed by atoms with Gasteiger partial charge >= 0.3 is 0 Å². The van der Waals surface area contributed by atoms with Gasteiger partial charge in [-0.15, -0.1) is 0 Å². The van der Waals surface area contributed by atoms with E-state index in [1.807, 2.05) is 6.20 Å². The molecule has 102 valence electrons. The minimum atomic E-state index is -0.0315. The Bertz CT molecular complexity index is 350. The van der Waals surface area contributed by atoms with E-state index in [0.29, 0.717) is 6.54 Å². The molecular weight excluding hydrogens is 222 g/mol. The molecule has 0 aliphatic carbocycles. The summed E-state index contributed by atoms with van der Waals surface area (Å²) in [4.78, 5) is 4.51. The zero-order valence-corrected chi connectivity index (χ0v) is 12.4. The molecule has 0 amide bonds. The highest BCUT2D eigenvalue weighted by molar-refractivity contribution is 5.40. The quantitative estimate of drug-likeness (QED) is 0.841. The van der Waals surface area contributed by atoms with Crippen molar-refractivity contribution in [2.24, 2.45) is 5.73 Å². The van der Waals surface area contributed by atoms with Gasteiger partial charge in [0, 0.05) is 12.7 Å². The molecule has 0 aliphatic rings. The normalized spacial score (nSPS) is 12.6. The van der Waals surface area contributed by atoms with E-state index in [0.717, 1.165) is 18.7 Å². The average molecular weight is 249 g/mol. The third-order valence-electron chi connectivity index (χ3n) is 3.77. The lowest BCUT2D eigenvalue weighted by molar-refractivity contribution is 0.443. The van der Waals surface area contributed by atoms with Crippen LogP contribution in [0.2, 0.25) is 0 Å². The van der Waals surface area contributed by atoms with Gasteiger partial charge in [-0.1, -0.05) is 40.7 Å². The molecule has 1 aromatic heterocycles. The molecule has 0 unspecified atom stereocenters. The van der Waals surface area contributed by atoms with Crippen LogP contribution in [0.4, 0.5) is 5.82 Å². The SMILES string of the molecule is CCC(CC)(CN)Nc1ccc(C(C)(C)C)cn1. The Morgan fingerprint density at radius 3 is 2.11 bits per heavy atom. The fourth-order valence-electron chi connectivity index (χ4n) is 1.95. The van der Waals surface area contributed by atoms with Gasteiger partial charge in [-0.3, -0.25) is 0 Å². The zero-order valence-electron chi connectivity index (χ0n) is 12.4. The standard InChI is InChI=1S/C15H27N3/c1-6-15(7-2,11-16)18-13-9-8-12(10-17-13)14(3,4)5/h8-10H,6-7,11,16H2,1-5H3,(H,17,18). The smallest absolute Gasteiger partial charge is 0.126 e. The summed E-state index contributed by atoms with van der Waals surface area (Å²) in [5.74, 6) is 0.914. The number of nitrogens with one attached hydrogen (secondary N) is 1. The van der Waals surface area contributed by atoms with Crippen molar-refractivity contribution >= 4 is 5.82 Å². The number of nitrogens with zero attached hydrogens (tertiary/aromatic N) is 1. The van der Waals surface area contributed by atoms with E-state index in [9.17, 15) is 0 Å². The summed E-state index contributed by atoms with van der Waals surface area (Å²) in [7, 11) is 0. The van der Waals surface area contributed by atoms with Crippen LogP contribution in [0.5, 0.6) is 0 Å². The summed E-state index contributed by atoms with van der Waals surface area (Å²) in [5.41, 5.74) is 7.25. The number of pyridine rings is 1. The van der Waals surface area contributed by atoms with E-state index in [-0.39, 0.29) is 11.0 Å². The van der Waals surface area contributed by atoms with Crippen LogP contribution >= 0.6 is 0 Å². The maximum Gasteiger partial charge on any atom is 0.126 e. The van der Waals surface area contributed by atoms with Crippen LogP contribution in [-0.4, -0.2) is 17.1 Å².